The summed E-state index contributed by atoms with van der Waals surface area (Å²) in [7, 11) is 0. The lowest BCUT2D eigenvalue weighted by atomic mass is 10.1. The molecular formula is C14H18O3. The minimum absolute atomic E-state index is 0.118. The molecule has 3 heteroatoms. The summed E-state index contributed by atoms with van der Waals surface area (Å²) in [5.41, 5.74) is 2.79. The largest absolute Gasteiger partial charge is 0.462 e. The maximum atomic E-state index is 11.6. The van der Waals surface area contributed by atoms with Crippen LogP contribution in [-0.2, 0) is 9.53 Å². The molecule has 0 fully saturated rings. The number of hydrogen-bond donors (Lipinski definition) is 0. The maximum Gasteiger partial charge on any atom is 0.338 e. The van der Waals surface area contributed by atoms with E-state index in [1.165, 1.54) is 6.92 Å². The van der Waals surface area contributed by atoms with E-state index in [1.807, 2.05) is 26.0 Å². The molecule has 17 heavy (non-hydrogen) atoms. The van der Waals surface area contributed by atoms with Crippen molar-refractivity contribution >= 4 is 11.8 Å². The zero-order valence-corrected chi connectivity index (χ0v) is 10.6. The zero-order chi connectivity index (χ0) is 12.8. The van der Waals surface area contributed by atoms with Crippen molar-refractivity contribution in [3.8, 4) is 0 Å². The van der Waals surface area contributed by atoms with Crippen LogP contribution in [0.3, 0.4) is 0 Å². The highest BCUT2D eigenvalue weighted by Crippen LogP contribution is 2.11. The highest BCUT2D eigenvalue weighted by atomic mass is 16.5. The van der Waals surface area contributed by atoms with Crippen LogP contribution in [0.15, 0.2) is 18.2 Å². The second kappa shape index (κ2) is 6.18. The van der Waals surface area contributed by atoms with Crippen molar-refractivity contribution in [2.45, 2.75) is 33.6 Å². The first-order valence-corrected chi connectivity index (χ1v) is 5.74. The molecule has 0 aromatic heterocycles. The van der Waals surface area contributed by atoms with Crippen LogP contribution in [0.1, 0.15) is 41.3 Å². The number of rotatable bonds is 5. The van der Waals surface area contributed by atoms with E-state index in [0.717, 1.165) is 11.1 Å². The summed E-state index contributed by atoms with van der Waals surface area (Å²) in [6, 6.07) is 5.49. The standard InChI is InChI=1S/C14H18O3/c1-10-6-7-13(9-11(10)2)14(16)17-8-4-5-12(3)15/h6-7,9H,4-5,8H2,1-3H3. The Bertz CT molecular complexity index is 421. The van der Waals surface area contributed by atoms with Crippen LogP contribution < -0.4 is 0 Å². The van der Waals surface area contributed by atoms with Crippen molar-refractivity contribution in [2.24, 2.45) is 0 Å². The second-order valence-electron chi connectivity index (χ2n) is 4.24. The van der Waals surface area contributed by atoms with E-state index < -0.39 is 0 Å². The summed E-state index contributed by atoms with van der Waals surface area (Å²) >= 11 is 0. The van der Waals surface area contributed by atoms with Gasteiger partial charge < -0.3 is 9.53 Å². The molecule has 0 unspecified atom stereocenters. The number of aryl methyl sites for hydroxylation is 2. The number of Topliss-reactive ketones (excluding diaryl/α,β-unsaturated/α-hetero) is 1. The van der Waals surface area contributed by atoms with Gasteiger partial charge in [-0.05, 0) is 50.5 Å². The monoisotopic (exact) mass is 234 g/mol. The fraction of sp³-hybridized carbons (Fsp3) is 0.429. The average molecular weight is 234 g/mol. The number of ketones is 1. The van der Waals surface area contributed by atoms with Crippen molar-refractivity contribution in [1.82, 2.24) is 0 Å². The van der Waals surface area contributed by atoms with E-state index >= 15 is 0 Å². The van der Waals surface area contributed by atoms with Gasteiger partial charge in [0.15, 0.2) is 0 Å². The maximum absolute atomic E-state index is 11.6. The third-order valence-corrected chi connectivity index (χ3v) is 2.65. The Morgan fingerprint density at radius 3 is 2.47 bits per heavy atom. The Morgan fingerprint density at radius 2 is 1.88 bits per heavy atom. The van der Waals surface area contributed by atoms with Crippen LogP contribution in [-0.4, -0.2) is 18.4 Å². The van der Waals surface area contributed by atoms with Gasteiger partial charge >= 0.3 is 5.97 Å². The summed E-state index contributed by atoms with van der Waals surface area (Å²) in [5, 5.41) is 0. The molecule has 1 aromatic carbocycles. The zero-order valence-electron chi connectivity index (χ0n) is 10.6. The predicted molar refractivity (Wildman–Crippen MR) is 66.1 cm³/mol. The van der Waals surface area contributed by atoms with Crippen LogP contribution in [0.4, 0.5) is 0 Å². The number of benzene rings is 1. The molecule has 0 heterocycles. The summed E-state index contributed by atoms with van der Waals surface area (Å²) in [4.78, 5) is 22.3. The molecule has 0 amide bonds. The normalized spacial score (nSPS) is 10.1. The van der Waals surface area contributed by atoms with Gasteiger partial charge in [0.05, 0.1) is 12.2 Å². The van der Waals surface area contributed by atoms with E-state index in [4.69, 9.17) is 4.74 Å². The highest BCUT2D eigenvalue weighted by Gasteiger charge is 2.07. The van der Waals surface area contributed by atoms with Crippen molar-refractivity contribution in [2.75, 3.05) is 6.61 Å². The van der Waals surface area contributed by atoms with Gasteiger partial charge in [-0.25, -0.2) is 4.79 Å². The molecule has 3 nitrogen and oxygen atoms in total. The predicted octanol–water partition coefficient (Wildman–Crippen LogP) is 2.83. The Labute approximate surface area is 102 Å². The van der Waals surface area contributed by atoms with Crippen molar-refractivity contribution in [1.29, 1.82) is 0 Å². The highest BCUT2D eigenvalue weighted by molar-refractivity contribution is 5.89. The molecule has 0 aliphatic rings. The molecule has 0 saturated carbocycles. The number of ether oxygens (including phenoxy) is 1. The van der Waals surface area contributed by atoms with Crippen molar-refractivity contribution in [3.63, 3.8) is 0 Å². The Balaban J connectivity index is 2.47. The number of carbonyl (C=O) groups excluding carboxylic acids is 2. The van der Waals surface area contributed by atoms with Gasteiger partial charge in [0, 0.05) is 6.42 Å². The molecule has 1 aromatic rings. The summed E-state index contributed by atoms with van der Waals surface area (Å²) in [6.45, 7) is 5.79. The lowest BCUT2D eigenvalue weighted by Gasteiger charge is -2.06. The topological polar surface area (TPSA) is 43.4 Å². The average Bonchev–Trinajstić information content (AvgIpc) is 2.27. The van der Waals surface area contributed by atoms with E-state index in [9.17, 15) is 9.59 Å². The van der Waals surface area contributed by atoms with Gasteiger partial charge in [-0.15, -0.1) is 0 Å². The minimum atomic E-state index is -0.323. The van der Waals surface area contributed by atoms with Gasteiger partial charge in [0.1, 0.15) is 5.78 Å². The van der Waals surface area contributed by atoms with Gasteiger partial charge in [-0.1, -0.05) is 6.07 Å². The van der Waals surface area contributed by atoms with E-state index in [2.05, 4.69) is 0 Å². The lowest BCUT2D eigenvalue weighted by molar-refractivity contribution is -0.117. The molecule has 0 saturated heterocycles. The molecule has 0 radical (unpaired) electrons. The van der Waals surface area contributed by atoms with Crippen molar-refractivity contribution < 1.29 is 14.3 Å². The Hall–Kier alpha value is -1.64. The molecule has 92 valence electrons. The van der Waals surface area contributed by atoms with Crippen LogP contribution in [0.25, 0.3) is 0 Å². The molecule has 0 atom stereocenters. The Kier molecular flexibility index (Phi) is 4.88. The van der Waals surface area contributed by atoms with E-state index in [1.54, 1.807) is 6.07 Å². The number of esters is 1. The third-order valence-electron chi connectivity index (χ3n) is 2.65. The first kappa shape index (κ1) is 13.4. The third kappa shape index (κ3) is 4.39. The number of hydrogen-bond acceptors (Lipinski definition) is 3. The van der Waals surface area contributed by atoms with Gasteiger partial charge in [-0.2, -0.15) is 0 Å². The van der Waals surface area contributed by atoms with E-state index in [-0.39, 0.29) is 11.8 Å². The molecule has 0 aliphatic carbocycles. The summed E-state index contributed by atoms with van der Waals surface area (Å²) in [6.07, 6.45) is 1.05. The van der Waals surface area contributed by atoms with Gasteiger partial charge in [-0.3, -0.25) is 0 Å². The van der Waals surface area contributed by atoms with Crippen LogP contribution >= 0.6 is 0 Å². The second-order valence-corrected chi connectivity index (χ2v) is 4.24. The van der Waals surface area contributed by atoms with Crippen LogP contribution in [0, 0.1) is 13.8 Å². The number of carbonyl (C=O) groups is 2. The lowest BCUT2D eigenvalue weighted by Crippen LogP contribution is -2.07. The van der Waals surface area contributed by atoms with Crippen LogP contribution in [0.2, 0.25) is 0 Å². The Morgan fingerprint density at radius 1 is 1.18 bits per heavy atom. The molecule has 0 spiro atoms. The molecule has 1 rings (SSSR count). The molecular weight excluding hydrogens is 216 g/mol. The fourth-order valence-corrected chi connectivity index (χ4v) is 1.44. The molecule has 0 aliphatic heterocycles. The molecule has 0 bridgehead atoms. The fourth-order valence-electron chi connectivity index (χ4n) is 1.44. The summed E-state index contributed by atoms with van der Waals surface area (Å²) in [5.74, 6) is -0.205. The summed E-state index contributed by atoms with van der Waals surface area (Å²) < 4.78 is 5.08. The smallest absolute Gasteiger partial charge is 0.338 e. The first-order valence-electron chi connectivity index (χ1n) is 5.74. The van der Waals surface area contributed by atoms with Crippen molar-refractivity contribution in [3.05, 3.63) is 34.9 Å². The SMILES string of the molecule is CC(=O)CCCOC(=O)c1ccc(C)c(C)c1. The van der Waals surface area contributed by atoms with Gasteiger partial charge in [0.25, 0.3) is 0 Å². The quantitative estimate of drug-likeness (QED) is 0.581. The minimum Gasteiger partial charge on any atom is -0.462 e. The van der Waals surface area contributed by atoms with Gasteiger partial charge in [0.2, 0.25) is 0 Å². The first-order chi connectivity index (χ1) is 8.00. The van der Waals surface area contributed by atoms with Crippen LogP contribution in [0.5, 0.6) is 0 Å². The molecule has 0 N–H and O–H groups in total. The van der Waals surface area contributed by atoms with E-state index in [0.29, 0.717) is 25.0 Å².